The molecule has 1 heterocycles. The van der Waals surface area contributed by atoms with Crippen molar-refractivity contribution < 1.29 is 14.3 Å². The highest BCUT2D eigenvalue weighted by atomic mass is 16.5. The van der Waals surface area contributed by atoms with Gasteiger partial charge in [-0.2, -0.15) is 0 Å². The monoisotopic (exact) mass is 380 g/mol. The molecule has 0 saturated carbocycles. The van der Waals surface area contributed by atoms with Gasteiger partial charge < -0.3 is 14.5 Å². The third kappa shape index (κ3) is 5.35. The predicted molar refractivity (Wildman–Crippen MR) is 110 cm³/mol. The highest BCUT2D eigenvalue weighted by molar-refractivity contribution is 5.94. The zero-order valence-corrected chi connectivity index (χ0v) is 16.7. The number of hydrogen-bond acceptors (Lipinski definition) is 3. The van der Waals surface area contributed by atoms with Gasteiger partial charge in [0.05, 0.1) is 6.61 Å². The fourth-order valence-electron chi connectivity index (χ4n) is 3.24. The molecule has 5 nitrogen and oxygen atoms in total. The van der Waals surface area contributed by atoms with Gasteiger partial charge in [-0.1, -0.05) is 35.4 Å². The van der Waals surface area contributed by atoms with Crippen molar-refractivity contribution in [2.24, 2.45) is 0 Å². The smallest absolute Gasteiger partial charge is 0.253 e. The standard InChI is InChI=1S/C23H28N2O3/c1-18-5-9-20(10-6-18)23(27)25-15-13-24(14-16-25)22(26)4-3-17-28-21-11-7-19(2)8-12-21/h5-12H,3-4,13-17H2,1-2H3. The molecule has 0 spiro atoms. The van der Waals surface area contributed by atoms with E-state index in [0.29, 0.717) is 51.2 Å². The molecule has 0 radical (unpaired) electrons. The molecule has 0 atom stereocenters. The molecule has 0 aromatic heterocycles. The summed E-state index contributed by atoms with van der Waals surface area (Å²) in [6.45, 7) is 6.92. The number of aryl methyl sites for hydroxylation is 2. The maximum absolute atomic E-state index is 12.6. The normalized spacial score (nSPS) is 14.1. The van der Waals surface area contributed by atoms with Crippen molar-refractivity contribution in [1.82, 2.24) is 9.80 Å². The van der Waals surface area contributed by atoms with Crippen molar-refractivity contribution in [2.45, 2.75) is 26.7 Å². The lowest BCUT2D eigenvalue weighted by molar-refractivity contribution is -0.132. The number of carbonyl (C=O) groups excluding carboxylic acids is 2. The first kappa shape index (κ1) is 19.9. The molecule has 2 aromatic rings. The Balaban J connectivity index is 1.38. The topological polar surface area (TPSA) is 49.9 Å². The number of carbonyl (C=O) groups is 2. The van der Waals surface area contributed by atoms with Crippen LogP contribution in [0.1, 0.15) is 34.3 Å². The van der Waals surface area contributed by atoms with Crippen LogP contribution in [0.15, 0.2) is 48.5 Å². The quantitative estimate of drug-likeness (QED) is 0.722. The van der Waals surface area contributed by atoms with E-state index in [1.165, 1.54) is 5.56 Å². The fourth-order valence-corrected chi connectivity index (χ4v) is 3.24. The summed E-state index contributed by atoms with van der Waals surface area (Å²) in [6, 6.07) is 15.5. The molecule has 148 valence electrons. The third-order valence-corrected chi connectivity index (χ3v) is 5.04. The van der Waals surface area contributed by atoms with Crippen LogP contribution in [0.25, 0.3) is 0 Å². The fraction of sp³-hybridized carbons (Fsp3) is 0.391. The van der Waals surface area contributed by atoms with Crippen LogP contribution in [0.2, 0.25) is 0 Å². The van der Waals surface area contributed by atoms with E-state index in [-0.39, 0.29) is 11.8 Å². The first-order valence-electron chi connectivity index (χ1n) is 9.86. The van der Waals surface area contributed by atoms with E-state index in [1.807, 2.05) is 72.2 Å². The second-order valence-electron chi connectivity index (χ2n) is 7.30. The van der Waals surface area contributed by atoms with Gasteiger partial charge in [0.15, 0.2) is 0 Å². The third-order valence-electron chi connectivity index (χ3n) is 5.04. The highest BCUT2D eigenvalue weighted by Crippen LogP contribution is 2.13. The van der Waals surface area contributed by atoms with Crippen molar-refractivity contribution >= 4 is 11.8 Å². The van der Waals surface area contributed by atoms with Gasteiger partial charge in [-0.15, -0.1) is 0 Å². The van der Waals surface area contributed by atoms with E-state index in [9.17, 15) is 9.59 Å². The predicted octanol–water partition coefficient (Wildman–Crippen LogP) is 3.45. The molecule has 1 fully saturated rings. The van der Waals surface area contributed by atoms with Crippen molar-refractivity contribution in [3.63, 3.8) is 0 Å². The number of ether oxygens (including phenoxy) is 1. The van der Waals surface area contributed by atoms with Gasteiger partial charge >= 0.3 is 0 Å². The molecule has 1 aliphatic heterocycles. The molecule has 0 unspecified atom stereocenters. The summed E-state index contributed by atoms with van der Waals surface area (Å²) in [6.07, 6.45) is 1.16. The van der Waals surface area contributed by atoms with Crippen LogP contribution in [-0.2, 0) is 4.79 Å². The second kappa shape index (κ2) is 9.40. The molecule has 0 N–H and O–H groups in total. The van der Waals surface area contributed by atoms with E-state index in [0.717, 1.165) is 11.3 Å². The molecule has 2 amide bonds. The summed E-state index contributed by atoms with van der Waals surface area (Å²) in [4.78, 5) is 28.6. The lowest BCUT2D eigenvalue weighted by atomic mass is 10.1. The number of rotatable bonds is 6. The second-order valence-corrected chi connectivity index (χ2v) is 7.30. The largest absolute Gasteiger partial charge is 0.494 e. The molecule has 0 aliphatic carbocycles. The van der Waals surface area contributed by atoms with E-state index in [4.69, 9.17) is 4.74 Å². The van der Waals surface area contributed by atoms with E-state index >= 15 is 0 Å². The Morgan fingerprint density at radius 2 is 1.36 bits per heavy atom. The Morgan fingerprint density at radius 3 is 1.96 bits per heavy atom. The van der Waals surface area contributed by atoms with Crippen LogP contribution in [0.4, 0.5) is 0 Å². The number of hydrogen-bond donors (Lipinski definition) is 0. The van der Waals surface area contributed by atoms with E-state index in [2.05, 4.69) is 0 Å². The van der Waals surface area contributed by atoms with E-state index in [1.54, 1.807) is 0 Å². The summed E-state index contributed by atoms with van der Waals surface area (Å²) in [5.41, 5.74) is 3.04. The van der Waals surface area contributed by atoms with Crippen molar-refractivity contribution in [2.75, 3.05) is 32.8 Å². The number of benzene rings is 2. The lowest BCUT2D eigenvalue weighted by Crippen LogP contribution is -2.50. The summed E-state index contributed by atoms with van der Waals surface area (Å²) < 4.78 is 5.68. The van der Waals surface area contributed by atoms with Crippen LogP contribution in [0.5, 0.6) is 5.75 Å². The first-order chi connectivity index (χ1) is 13.5. The van der Waals surface area contributed by atoms with Crippen molar-refractivity contribution in [1.29, 1.82) is 0 Å². The van der Waals surface area contributed by atoms with Crippen LogP contribution in [0.3, 0.4) is 0 Å². The minimum atomic E-state index is 0.0404. The highest BCUT2D eigenvalue weighted by Gasteiger charge is 2.24. The minimum Gasteiger partial charge on any atom is -0.494 e. The number of nitrogens with zero attached hydrogens (tertiary/aromatic N) is 2. The minimum absolute atomic E-state index is 0.0404. The molecular formula is C23H28N2O3. The molecule has 28 heavy (non-hydrogen) atoms. The summed E-state index contributed by atoms with van der Waals surface area (Å²) >= 11 is 0. The Kier molecular flexibility index (Phi) is 6.69. The Labute approximate surface area is 166 Å². The van der Waals surface area contributed by atoms with E-state index < -0.39 is 0 Å². The molecule has 1 aliphatic rings. The Morgan fingerprint density at radius 1 is 0.821 bits per heavy atom. The number of piperazine rings is 1. The maximum Gasteiger partial charge on any atom is 0.253 e. The van der Waals surface area contributed by atoms with Gasteiger partial charge in [-0.3, -0.25) is 9.59 Å². The average Bonchev–Trinajstić information content (AvgIpc) is 2.72. The maximum atomic E-state index is 12.6. The van der Waals surface area contributed by atoms with Crippen LogP contribution < -0.4 is 4.74 Å². The summed E-state index contributed by atoms with van der Waals surface area (Å²) in [5.74, 6) is 1.01. The lowest BCUT2D eigenvalue weighted by Gasteiger charge is -2.35. The van der Waals surface area contributed by atoms with Gasteiger partial charge in [-0.25, -0.2) is 0 Å². The summed E-state index contributed by atoms with van der Waals surface area (Å²) in [5, 5.41) is 0. The Bertz CT molecular complexity index is 792. The van der Waals surface area contributed by atoms with Crippen molar-refractivity contribution in [3.05, 3.63) is 65.2 Å². The SMILES string of the molecule is Cc1ccc(OCCCC(=O)N2CCN(C(=O)c3ccc(C)cc3)CC2)cc1. The summed E-state index contributed by atoms with van der Waals surface area (Å²) in [7, 11) is 0. The van der Waals surface area contributed by atoms with Gasteiger partial charge in [0, 0.05) is 38.2 Å². The molecule has 1 saturated heterocycles. The first-order valence-corrected chi connectivity index (χ1v) is 9.86. The van der Waals surface area contributed by atoms with Gasteiger partial charge in [0.2, 0.25) is 5.91 Å². The van der Waals surface area contributed by atoms with Crippen LogP contribution in [-0.4, -0.2) is 54.4 Å². The average molecular weight is 380 g/mol. The van der Waals surface area contributed by atoms with Crippen molar-refractivity contribution in [3.8, 4) is 5.75 Å². The molecular weight excluding hydrogens is 352 g/mol. The Hall–Kier alpha value is -2.82. The molecule has 2 aromatic carbocycles. The molecule has 0 bridgehead atoms. The zero-order valence-electron chi connectivity index (χ0n) is 16.7. The zero-order chi connectivity index (χ0) is 19.9. The van der Waals surface area contributed by atoms with Crippen LogP contribution >= 0.6 is 0 Å². The van der Waals surface area contributed by atoms with Gasteiger partial charge in [-0.05, 0) is 44.5 Å². The van der Waals surface area contributed by atoms with Gasteiger partial charge in [0.1, 0.15) is 5.75 Å². The van der Waals surface area contributed by atoms with Crippen LogP contribution in [0, 0.1) is 13.8 Å². The molecule has 3 rings (SSSR count). The number of amides is 2. The molecule has 5 heteroatoms. The van der Waals surface area contributed by atoms with Gasteiger partial charge in [0.25, 0.3) is 5.91 Å².